The van der Waals surface area contributed by atoms with Crippen LogP contribution in [0.2, 0.25) is 0 Å². The Labute approximate surface area is 138 Å². The quantitative estimate of drug-likeness (QED) is 0.270. The molecule has 0 bridgehead atoms. The number of fused-ring (bicyclic) bond motifs is 7. The van der Waals surface area contributed by atoms with E-state index in [1.807, 2.05) is 16.7 Å². The fourth-order valence-electron chi connectivity index (χ4n) is 3.82. The Kier molecular flexibility index (Phi) is 2.55. The summed E-state index contributed by atoms with van der Waals surface area (Å²) in [6.07, 6.45) is 3.67. The number of aromatic nitrogens is 2. The smallest absolute Gasteiger partial charge is 0.145 e. The molecule has 0 radical (unpaired) electrons. The van der Waals surface area contributed by atoms with Gasteiger partial charge in [-0.25, -0.2) is 9.37 Å². The van der Waals surface area contributed by atoms with Crippen LogP contribution < -0.4 is 0 Å². The van der Waals surface area contributed by atoms with E-state index in [2.05, 4.69) is 43.1 Å². The van der Waals surface area contributed by atoms with Gasteiger partial charge in [0.2, 0.25) is 0 Å². The molecule has 2 heterocycles. The lowest BCUT2D eigenvalue weighted by atomic mass is 9.94. The monoisotopic (exact) mass is 314 g/mol. The van der Waals surface area contributed by atoms with E-state index in [4.69, 9.17) is 0 Å². The second-order valence-corrected chi connectivity index (χ2v) is 6.43. The van der Waals surface area contributed by atoms with E-state index in [1.54, 1.807) is 12.3 Å². The first-order chi connectivity index (χ1) is 11.6. The van der Waals surface area contributed by atoms with Gasteiger partial charge in [-0.2, -0.15) is 0 Å². The first-order valence-corrected chi connectivity index (χ1v) is 8.01. The number of benzene rings is 3. The van der Waals surface area contributed by atoms with E-state index in [0.717, 1.165) is 27.3 Å². The van der Waals surface area contributed by atoms with E-state index in [0.29, 0.717) is 0 Å². The minimum absolute atomic E-state index is 0.230. The van der Waals surface area contributed by atoms with E-state index in [1.165, 1.54) is 28.0 Å². The largest absolute Gasteiger partial charge is 0.299 e. The highest BCUT2D eigenvalue weighted by Crippen LogP contribution is 2.36. The zero-order valence-electron chi connectivity index (χ0n) is 13.5. The van der Waals surface area contributed by atoms with Gasteiger partial charge in [-0.1, -0.05) is 23.8 Å². The molecule has 5 rings (SSSR count). The van der Waals surface area contributed by atoms with Crippen molar-refractivity contribution in [2.24, 2.45) is 0 Å². The molecule has 0 fully saturated rings. The highest BCUT2D eigenvalue weighted by Gasteiger charge is 2.14. The molecule has 5 aromatic rings. The minimum atomic E-state index is -0.230. The van der Waals surface area contributed by atoms with Crippen molar-refractivity contribution in [3.63, 3.8) is 0 Å². The van der Waals surface area contributed by atoms with Gasteiger partial charge in [-0.3, -0.25) is 4.40 Å². The normalized spacial score (nSPS) is 12.0. The van der Waals surface area contributed by atoms with Gasteiger partial charge in [-0.05, 0) is 59.8 Å². The van der Waals surface area contributed by atoms with Gasteiger partial charge in [0.15, 0.2) is 0 Å². The lowest BCUT2D eigenvalue weighted by Crippen LogP contribution is -1.94. The van der Waals surface area contributed by atoms with Crippen molar-refractivity contribution in [1.82, 2.24) is 9.38 Å². The van der Waals surface area contributed by atoms with Gasteiger partial charge in [0.05, 0.1) is 5.52 Å². The third kappa shape index (κ3) is 1.67. The summed E-state index contributed by atoms with van der Waals surface area (Å²) in [4.78, 5) is 4.53. The maximum absolute atomic E-state index is 13.8. The average Bonchev–Trinajstić information content (AvgIpc) is 3.06. The van der Waals surface area contributed by atoms with Crippen molar-refractivity contribution in [3.8, 4) is 0 Å². The Morgan fingerprint density at radius 2 is 1.79 bits per heavy atom. The van der Waals surface area contributed by atoms with E-state index in [-0.39, 0.29) is 5.82 Å². The topological polar surface area (TPSA) is 17.3 Å². The molecule has 0 unspecified atom stereocenters. The molecule has 0 amide bonds. The van der Waals surface area contributed by atoms with Gasteiger partial charge in [-0.15, -0.1) is 0 Å². The highest BCUT2D eigenvalue weighted by molar-refractivity contribution is 6.18. The summed E-state index contributed by atoms with van der Waals surface area (Å²) in [5.41, 5.74) is 4.18. The van der Waals surface area contributed by atoms with E-state index < -0.39 is 0 Å². The molecule has 0 spiro atoms. The van der Waals surface area contributed by atoms with Crippen LogP contribution in [0.5, 0.6) is 0 Å². The fourth-order valence-corrected chi connectivity index (χ4v) is 3.82. The summed E-state index contributed by atoms with van der Waals surface area (Å²) < 4.78 is 15.8. The lowest BCUT2D eigenvalue weighted by Gasteiger charge is -2.13. The third-order valence-electron chi connectivity index (χ3n) is 4.93. The average molecular weight is 314 g/mol. The fraction of sp³-hybridized carbons (Fsp3) is 0.0952. The van der Waals surface area contributed by atoms with Crippen LogP contribution in [0.15, 0.2) is 54.9 Å². The number of hydrogen-bond acceptors (Lipinski definition) is 1. The number of imidazole rings is 1. The predicted molar refractivity (Wildman–Crippen MR) is 97.1 cm³/mol. The maximum Gasteiger partial charge on any atom is 0.145 e. The molecule has 0 aliphatic heterocycles. The first kappa shape index (κ1) is 13.5. The van der Waals surface area contributed by atoms with Gasteiger partial charge in [0.25, 0.3) is 0 Å². The number of halogens is 1. The van der Waals surface area contributed by atoms with Gasteiger partial charge in [0.1, 0.15) is 11.5 Å². The van der Waals surface area contributed by atoms with Gasteiger partial charge >= 0.3 is 0 Å². The van der Waals surface area contributed by atoms with Crippen LogP contribution in [-0.4, -0.2) is 9.38 Å². The zero-order chi connectivity index (χ0) is 16.4. The number of aryl methyl sites for hydroxylation is 2. The summed E-state index contributed by atoms with van der Waals surface area (Å²) in [5.74, 6) is -0.230. The van der Waals surface area contributed by atoms with Crippen molar-refractivity contribution in [1.29, 1.82) is 0 Å². The van der Waals surface area contributed by atoms with Crippen LogP contribution in [0.3, 0.4) is 0 Å². The van der Waals surface area contributed by atoms with Crippen molar-refractivity contribution in [2.45, 2.75) is 13.8 Å². The zero-order valence-corrected chi connectivity index (χ0v) is 13.5. The van der Waals surface area contributed by atoms with Crippen LogP contribution in [0, 0.1) is 19.7 Å². The Hall–Kier alpha value is -2.94. The van der Waals surface area contributed by atoms with Crippen LogP contribution in [0.4, 0.5) is 4.39 Å². The summed E-state index contributed by atoms with van der Waals surface area (Å²) in [6.45, 7) is 4.25. The predicted octanol–water partition coefficient (Wildman–Crippen LogP) is 5.55. The molecule has 0 saturated heterocycles. The standard InChI is InChI=1S/C21H15FN2/c1-12-3-4-14-10-18-20(13(2)17(14)9-12)16-6-5-15(22)11-19(16)24-8-7-23-21(18)24/h3-11H,1-2H3. The molecular formula is C21H15FN2. The second kappa shape index (κ2) is 4.54. The van der Waals surface area contributed by atoms with Crippen LogP contribution >= 0.6 is 0 Å². The molecule has 0 atom stereocenters. The number of pyridine rings is 1. The molecule has 116 valence electrons. The molecule has 0 saturated carbocycles. The highest BCUT2D eigenvalue weighted by atomic mass is 19.1. The van der Waals surface area contributed by atoms with Gasteiger partial charge < -0.3 is 0 Å². The van der Waals surface area contributed by atoms with Crippen molar-refractivity contribution in [3.05, 3.63) is 71.8 Å². The Balaban J connectivity index is 2.16. The number of nitrogens with zero attached hydrogens (tertiary/aromatic N) is 2. The van der Waals surface area contributed by atoms with Gasteiger partial charge in [0, 0.05) is 23.2 Å². The molecule has 24 heavy (non-hydrogen) atoms. The van der Waals surface area contributed by atoms with Crippen LogP contribution in [0.1, 0.15) is 11.1 Å². The number of hydrogen-bond donors (Lipinski definition) is 0. The van der Waals surface area contributed by atoms with E-state index >= 15 is 0 Å². The summed E-state index contributed by atoms with van der Waals surface area (Å²) in [6, 6.07) is 13.7. The Bertz CT molecular complexity index is 1280. The van der Waals surface area contributed by atoms with Crippen molar-refractivity contribution < 1.29 is 4.39 Å². The Morgan fingerprint density at radius 1 is 0.917 bits per heavy atom. The minimum Gasteiger partial charge on any atom is -0.299 e. The molecule has 0 aliphatic carbocycles. The van der Waals surface area contributed by atoms with Crippen molar-refractivity contribution in [2.75, 3.05) is 0 Å². The second-order valence-electron chi connectivity index (χ2n) is 6.43. The molecule has 0 N–H and O–H groups in total. The van der Waals surface area contributed by atoms with Crippen LogP contribution in [0.25, 0.3) is 38.1 Å². The molecule has 2 nitrogen and oxygen atoms in total. The summed E-state index contributed by atoms with van der Waals surface area (Å²) in [7, 11) is 0. The Morgan fingerprint density at radius 3 is 2.67 bits per heavy atom. The summed E-state index contributed by atoms with van der Waals surface area (Å²) >= 11 is 0. The summed E-state index contributed by atoms with van der Waals surface area (Å²) in [5, 5.41) is 5.76. The van der Waals surface area contributed by atoms with Crippen LogP contribution in [-0.2, 0) is 0 Å². The molecule has 3 heteroatoms. The first-order valence-electron chi connectivity index (χ1n) is 8.01. The molecule has 0 aliphatic rings. The molecular weight excluding hydrogens is 299 g/mol. The number of rotatable bonds is 0. The maximum atomic E-state index is 13.8. The third-order valence-corrected chi connectivity index (χ3v) is 4.93. The lowest BCUT2D eigenvalue weighted by molar-refractivity contribution is 0.629. The van der Waals surface area contributed by atoms with E-state index in [9.17, 15) is 4.39 Å². The molecule has 2 aromatic heterocycles. The molecule has 3 aromatic carbocycles. The van der Waals surface area contributed by atoms with Crippen molar-refractivity contribution >= 4 is 38.1 Å². The SMILES string of the molecule is Cc1ccc2cc3c(c(C)c2c1)c1ccc(F)cc1n1ccnc31.